The number of aryl methyl sites for hydroxylation is 2. The molecule has 0 saturated carbocycles. The molecular weight excluding hydrogens is 435 g/mol. The first kappa shape index (κ1) is 20.6. The van der Waals surface area contributed by atoms with Gasteiger partial charge in [0, 0.05) is 38.4 Å². The van der Waals surface area contributed by atoms with E-state index in [1.54, 1.807) is 0 Å². The molecule has 1 heterocycles. The first-order chi connectivity index (χ1) is 12.2. The molecule has 0 aliphatic carbocycles. The summed E-state index contributed by atoms with van der Waals surface area (Å²) in [7, 11) is 1.83. The zero-order valence-corrected chi connectivity index (χ0v) is 18.2. The van der Waals surface area contributed by atoms with E-state index in [9.17, 15) is 0 Å². The average Bonchev–Trinajstić information content (AvgIpc) is 3.09. The van der Waals surface area contributed by atoms with Crippen LogP contribution in [0.15, 0.2) is 53.5 Å². The Balaban J connectivity index is 0.00000243. The van der Waals surface area contributed by atoms with Gasteiger partial charge in [0.2, 0.25) is 0 Å². The van der Waals surface area contributed by atoms with Gasteiger partial charge in [-0.15, -0.1) is 24.0 Å². The fourth-order valence-corrected chi connectivity index (χ4v) is 3.24. The van der Waals surface area contributed by atoms with Crippen LogP contribution in [0.3, 0.4) is 0 Å². The molecule has 26 heavy (non-hydrogen) atoms. The van der Waals surface area contributed by atoms with Crippen LogP contribution in [0.1, 0.15) is 23.1 Å². The smallest absolute Gasteiger partial charge is 0.191 e. The van der Waals surface area contributed by atoms with Crippen LogP contribution in [0.2, 0.25) is 0 Å². The molecule has 1 saturated heterocycles. The van der Waals surface area contributed by atoms with Gasteiger partial charge in [-0.25, -0.2) is 0 Å². The van der Waals surface area contributed by atoms with Crippen LogP contribution in [-0.2, 0) is 6.54 Å². The fraction of sp³-hybridized carbons (Fsp3) is 0.381. The van der Waals surface area contributed by atoms with E-state index in [4.69, 9.17) is 0 Å². The Morgan fingerprint density at radius 1 is 1.12 bits per heavy atom. The van der Waals surface area contributed by atoms with E-state index in [1.165, 1.54) is 22.4 Å². The second kappa shape index (κ2) is 9.80. The van der Waals surface area contributed by atoms with Crippen molar-refractivity contribution in [3.63, 3.8) is 0 Å². The molecule has 5 heteroatoms. The number of halogens is 1. The quantitative estimate of drug-likeness (QED) is 0.410. The summed E-state index contributed by atoms with van der Waals surface area (Å²) in [6.45, 7) is 7.15. The van der Waals surface area contributed by atoms with E-state index in [2.05, 4.69) is 82.9 Å². The lowest BCUT2D eigenvalue weighted by Crippen LogP contribution is -2.44. The molecule has 1 fully saturated rings. The summed E-state index contributed by atoms with van der Waals surface area (Å²) >= 11 is 0. The SMILES string of the molecule is CN=C(NCc1ccccc1C)NC1CCN(c2ccc(C)cc2)C1.I. The second-order valence-corrected chi connectivity index (χ2v) is 6.76. The topological polar surface area (TPSA) is 39.7 Å². The molecule has 1 atom stereocenters. The van der Waals surface area contributed by atoms with Crippen LogP contribution in [-0.4, -0.2) is 32.1 Å². The summed E-state index contributed by atoms with van der Waals surface area (Å²) in [5.74, 6) is 0.874. The molecule has 1 aliphatic rings. The van der Waals surface area contributed by atoms with Gasteiger partial charge in [-0.2, -0.15) is 0 Å². The van der Waals surface area contributed by atoms with E-state index in [0.717, 1.165) is 32.0 Å². The first-order valence-electron chi connectivity index (χ1n) is 8.99. The molecule has 3 rings (SSSR count). The highest BCUT2D eigenvalue weighted by molar-refractivity contribution is 14.0. The Morgan fingerprint density at radius 2 is 1.85 bits per heavy atom. The van der Waals surface area contributed by atoms with Crippen molar-refractivity contribution in [1.29, 1.82) is 0 Å². The van der Waals surface area contributed by atoms with E-state index in [1.807, 2.05) is 7.05 Å². The summed E-state index contributed by atoms with van der Waals surface area (Å²) in [4.78, 5) is 6.82. The van der Waals surface area contributed by atoms with Crippen LogP contribution in [0.25, 0.3) is 0 Å². The second-order valence-electron chi connectivity index (χ2n) is 6.76. The maximum absolute atomic E-state index is 4.38. The number of rotatable bonds is 4. The first-order valence-corrected chi connectivity index (χ1v) is 8.99. The molecule has 1 unspecified atom stereocenters. The van der Waals surface area contributed by atoms with E-state index < -0.39 is 0 Å². The van der Waals surface area contributed by atoms with Gasteiger partial charge in [-0.05, 0) is 43.5 Å². The highest BCUT2D eigenvalue weighted by Crippen LogP contribution is 2.20. The third kappa shape index (κ3) is 5.37. The molecule has 0 spiro atoms. The third-order valence-corrected chi connectivity index (χ3v) is 4.86. The average molecular weight is 464 g/mol. The molecule has 0 amide bonds. The molecule has 2 aromatic rings. The highest BCUT2D eigenvalue weighted by atomic mass is 127. The van der Waals surface area contributed by atoms with E-state index in [0.29, 0.717) is 6.04 Å². The Labute approximate surface area is 174 Å². The molecule has 0 bridgehead atoms. The standard InChI is InChI=1S/C21H28N4.HI/c1-16-8-10-20(11-9-16)25-13-12-19(15-25)24-21(22-3)23-14-18-7-5-4-6-17(18)2;/h4-11,19H,12-15H2,1-3H3,(H2,22,23,24);1H. The molecule has 0 radical (unpaired) electrons. The third-order valence-electron chi connectivity index (χ3n) is 4.86. The van der Waals surface area contributed by atoms with Gasteiger partial charge in [0.05, 0.1) is 0 Å². The largest absolute Gasteiger partial charge is 0.369 e. The lowest BCUT2D eigenvalue weighted by Gasteiger charge is -2.20. The van der Waals surface area contributed by atoms with Crippen molar-refractivity contribution in [3.8, 4) is 0 Å². The molecule has 2 aromatic carbocycles. The molecule has 0 aromatic heterocycles. The van der Waals surface area contributed by atoms with Crippen molar-refractivity contribution >= 4 is 35.6 Å². The van der Waals surface area contributed by atoms with Crippen molar-refractivity contribution < 1.29 is 0 Å². The molecule has 4 nitrogen and oxygen atoms in total. The Bertz CT molecular complexity index is 727. The predicted molar refractivity (Wildman–Crippen MR) is 122 cm³/mol. The van der Waals surface area contributed by atoms with Crippen LogP contribution in [0.5, 0.6) is 0 Å². The molecular formula is C21H29IN4. The number of hydrogen-bond acceptors (Lipinski definition) is 2. The van der Waals surface area contributed by atoms with E-state index >= 15 is 0 Å². The number of guanidine groups is 1. The number of nitrogens with one attached hydrogen (secondary N) is 2. The van der Waals surface area contributed by atoms with Crippen LogP contribution < -0.4 is 15.5 Å². The Hall–Kier alpha value is -1.76. The monoisotopic (exact) mass is 464 g/mol. The minimum Gasteiger partial charge on any atom is -0.369 e. The number of aliphatic imine (C=N–C) groups is 1. The van der Waals surface area contributed by atoms with Gasteiger partial charge >= 0.3 is 0 Å². The predicted octanol–water partition coefficient (Wildman–Crippen LogP) is 3.87. The summed E-state index contributed by atoms with van der Waals surface area (Å²) in [5.41, 5.74) is 5.21. The lowest BCUT2D eigenvalue weighted by molar-refractivity contribution is 0.648. The van der Waals surface area contributed by atoms with Gasteiger partial charge in [-0.1, -0.05) is 42.0 Å². The summed E-state index contributed by atoms with van der Waals surface area (Å²) in [6.07, 6.45) is 1.12. The number of benzene rings is 2. The van der Waals surface area contributed by atoms with Crippen LogP contribution >= 0.6 is 24.0 Å². The van der Waals surface area contributed by atoms with Gasteiger partial charge in [0.15, 0.2) is 5.96 Å². The van der Waals surface area contributed by atoms with Crippen LogP contribution in [0.4, 0.5) is 5.69 Å². The maximum Gasteiger partial charge on any atom is 0.191 e. The van der Waals surface area contributed by atoms with Crippen molar-refractivity contribution in [2.24, 2.45) is 4.99 Å². The fourth-order valence-electron chi connectivity index (χ4n) is 3.24. The number of nitrogens with zero attached hydrogens (tertiary/aromatic N) is 2. The van der Waals surface area contributed by atoms with Crippen molar-refractivity contribution in [2.45, 2.75) is 32.9 Å². The minimum absolute atomic E-state index is 0. The molecule has 140 valence electrons. The summed E-state index contributed by atoms with van der Waals surface area (Å²) in [6, 6.07) is 17.7. The van der Waals surface area contributed by atoms with Crippen molar-refractivity contribution in [3.05, 3.63) is 65.2 Å². The van der Waals surface area contributed by atoms with Crippen molar-refractivity contribution in [1.82, 2.24) is 10.6 Å². The van der Waals surface area contributed by atoms with Crippen molar-refractivity contribution in [2.75, 3.05) is 25.0 Å². The minimum atomic E-state index is 0. The lowest BCUT2D eigenvalue weighted by atomic mass is 10.1. The van der Waals surface area contributed by atoms with Gasteiger partial charge in [0.1, 0.15) is 0 Å². The Kier molecular flexibility index (Phi) is 7.75. The molecule has 2 N–H and O–H groups in total. The zero-order chi connectivity index (χ0) is 17.6. The van der Waals surface area contributed by atoms with Gasteiger partial charge < -0.3 is 15.5 Å². The van der Waals surface area contributed by atoms with Crippen LogP contribution in [0, 0.1) is 13.8 Å². The normalized spacial score (nSPS) is 17.0. The summed E-state index contributed by atoms with van der Waals surface area (Å²) in [5, 5.41) is 7.00. The van der Waals surface area contributed by atoms with Gasteiger partial charge in [-0.3, -0.25) is 4.99 Å². The van der Waals surface area contributed by atoms with E-state index in [-0.39, 0.29) is 24.0 Å². The summed E-state index contributed by atoms with van der Waals surface area (Å²) < 4.78 is 0. The number of hydrogen-bond donors (Lipinski definition) is 2. The molecule has 1 aliphatic heterocycles. The van der Waals surface area contributed by atoms with Gasteiger partial charge in [0.25, 0.3) is 0 Å². The maximum atomic E-state index is 4.38. The number of anilines is 1. The zero-order valence-electron chi connectivity index (χ0n) is 15.8. The highest BCUT2D eigenvalue weighted by Gasteiger charge is 2.23. The Morgan fingerprint density at radius 3 is 2.54 bits per heavy atom.